The summed E-state index contributed by atoms with van der Waals surface area (Å²) in [6.07, 6.45) is 3.57. The molecule has 1 heterocycles. The average molecular weight is 302 g/mol. The fraction of sp³-hybridized carbons (Fsp3) is 0.778. The highest BCUT2D eigenvalue weighted by Crippen LogP contribution is 2.60. The largest absolute Gasteiger partial charge is 0.458 e. The zero-order chi connectivity index (χ0) is 15.2. The van der Waals surface area contributed by atoms with E-state index in [1.807, 2.05) is 0 Å². The van der Waals surface area contributed by atoms with Crippen LogP contribution < -0.4 is 0 Å². The summed E-state index contributed by atoms with van der Waals surface area (Å²) in [5.41, 5.74) is 1.07. The molecule has 1 aliphatic heterocycles. The Bertz CT molecular complexity index is 580. The first-order valence-corrected chi connectivity index (χ1v) is 8.63. The molecule has 1 saturated heterocycles. The summed E-state index contributed by atoms with van der Waals surface area (Å²) in [5.74, 6) is 2.21. The van der Waals surface area contributed by atoms with Gasteiger partial charge in [-0.1, -0.05) is 19.1 Å². The van der Waals surface area contributed by atoms with Crippen molar-refractivity contribution in [1.29, 1.82) is 0 Å². The molecule has 4 aliphatic carbocycles. The van der Waals surface area contributed by atoms with Gasteiger partial charge in [0.2, 0.25) is 0 Å². The van der Waals surface area contributed by atoms with Gasteiger partial charge in [-0.3, -0.25) is 9.59 Å². The summed E-state index contributed by atoms with van der Waals surface area (Å²) in [7, 11) is 0. The van der Waals surface area contributed by atoms with Gasteiger partial charge < -0.3 is 9.47 Å². The maximum Gasteiger partial charge on any atom is 0.310 e. The molecular formula is C18H22O4. The van der Waals surface area contributed by atoms with Crippen LogP contribution in [-0.2, 0) is 19.1 Å². The van der Waals surface area contributed by atoms with Crippen molar-refractivity contribution >= 4 is 11.9 Å². The first-order valence-electron chi connectivity index (χ1n) is 8.63. The topological polar surface area (TPSA) is 52.6 Å². The second-order valence-corrected chi connectivity index (χ2v) is 8.19. The molecule has 0 aromatic rings. The normalized spacial score (nSPS) is 54.1. The van der Waals surface area contributed by atoms with E-state index in [9.17, 15) is 9.59 Å². The van der Waals surface area contributed by atoms with Gasteiger partial charge >= 0.3 is 11.9 Å². The number of hydrogen-bond donors (Lipinski definition) is 0. The molecule has 0 N–H and O–H groups in total. The van der Waals surface area contributed by atoms with Gasteiger partial charge in [-0.2, -0.15) is 0 Å². The van der Waals surface area contributed by atoms with Gasteiger partial charge in [-0.05, 0) is 43.4 Å². The maximum atomic E-state index is 12.6. The van der Waals surface area contributed by atoms with Crippen LogP contribution in [0.5, 0.6) is 0 Å². The maximum absolute atomic E-state index is 12.6. The third-order valence-electron chi connectivity index (χ3n) is 7.21. The van der Waals surface area contributed by atoms with E-state index in [1.54, 1.807) is 0 Å². The van der Waals surface area contributed by atoms with Crippen molar-refractivity contribution < 1.29 is 19.1 Å². The number of hydrogen-bond acceptors (Lipinski definition) is 4. The molecule has 22 heavy (non-hydrogen) atoms. The lowest BCUT2D eigenvalue weighted by Crippen LogP contribution is -2.55. The lowest BCUT2D eigenvalue weighted by atomic mass is 9.68. The third kappa shape index (κ3) is 1.49. The first kappa shape index (κ1) is 13.1. The highest BCUT2D eigenvalue weighted by atomic mass is 16.6. The Morgan fingerprint density at radius 1 is 1.27 bits per heavy atom. The van der Waals surface area contributed by atoms with Crippen LogP contribution in [0.2, 0.25) is 0 Å². The Hall–Kier alpha value is -1.32. The van der Waals surface area contributed by atoms with Crippen LogP contribution in [0, 0.1) is 41.4 Å². The van der Waals surface area contributed by atoms with E-state index in [0.717, 1.165) is 24.3 Å². The molecule has 0 aromatic heterocycles. The van der Waals surface area contributed by atoms with Crippen molar-refractivity contribution in [2.45, 2.75) is 44.8 Å². The van der Waals surface area contributed by atoms with E-state index >= 15 is 0 Å². The van der Waals surface area contributed by atoms with Gasteiger partial charge in [-0.25, -0.2) is 0 Å². The SMILES string of the molecule is C=C1CC2C(=O)OC3C(OC(=O)C4CC5CC4CC5C)C1C23. The molecule has 9 atom stereocenters. The lowest BCUT2D eigenvalue weighted by Gasteiger charge is -2.44. The van der Waals surface area contributed by atoms with E-state index < -0.39 is 0 Å². The van der Waals surface area contributed by atoms with Crippen molar-refractivity contribution in [2.24, 2.45) is 41.4 Å². The summed E-state index contributed by atoms with van der Waals surface area (Å²) >= 11 is 0. The van der Waals surface area contributed by atoms with Gasteiger partial charge in [0.15, 0.2) is 0 Å². The molecule has 4 nitrogen and oxygen atoms in total. The third-order valence-corrected chi connectivity index (χ3v) is 7.21. The minimum absolute atomic E-state index is 0.0270. The van der Waals surface area contributed by atoms with Crippen molar-refractivity contribution in [1.82, 2.24) is 0 Å². The zero-order valence-electron chi connectivity index (χ0n) is 12.9. The minimum Gasteiger partial charge on any atom is -0.458 e. The Morgan fingerprint density at radius 3 is 2.77 bits per heavy atom. The lowest BCUT2D eigenvalue weighted by molar-refractivity contribution is -0.189. The summed E-state index contributed by atoms with van der Waals surface area (Å²) < 4.78 is 11.3. The van der Waals surface area contributed by atoms with E-state index in [-0.39, 0.29) is 47.8 Å². The molecule has 0 radical (unpaired) electrons. The van der Waals surface area contributed by atoms with Crippen LogP contribution in [0.3, 0.4) is 0 Å². The predicted molar refractivity (Wildman–Crippen MR) is 77.5 cm³/mol. The smallest absolute Gasteiger partial charge is 0.310 e. The van der Waals surface area contributed by atoms with Crippen LogP contribution in [0.25, 0.3) is 0 Å². The standard InChI is InChI=1S/C18H22O4/c1-7-3-10-5-9(7)6-11(10)17(19)21-15-13-8(2)4-12-14(13)16(15)22-18(12)20/h7,9-16H,2-6H2,1H3. The number of rotatable bonds is 2. The first-order chi connectivity index (χ1) is 10.5. The molecule has 4 heteroatoms. The van der Waals surface area contributed by atoms with E-state index in [1.165, 1.54) is 6.42 Å². The molecule has 9 unspecified atom stereocenters. The van der Waals surface area contributed by atoms with Gasteiger partial charge in [-0.15, -0.1) is 0 Å². The fourth-order valence-corrected chi connectivity index (χ4v) is 6.06. The van der Waals surface area contributed by atoms with Crippen LogP contribution in [0.1, 0.15) is 32.6 Å². The summed E-state index contributed by atoms with van der Waals surface area (Å²) in [5, 5.41) is 0. The number of carbonyl (C=O) groups is 2. The number of fused-ring (bicyclic) bond motifs is 2. The quantitative estimate of drug-likeness (QED) is 0.580. The molecule has 118 valence electrons. The molecule has 0 aromatic carbocycles. The minimum atomic E-state index is -0.266. The van der Waals surface area contributed by atoms with Crippen molar-refractivity contribution in [3.63, 3.8) is 0 Å². The van der Waals surface area contributed by atoms with Crippen molar-refractivity contribution in [2.75, 3.05) is 0 Å². The Labute approximate surface area is 130 Å². The van der Waals surface area contributed by atoms with Gasteiger partial charge in [0, 0.05) is 11.8 Å². The summed E-state index contributed by atoms with van der Waals surface area (Å²) in [6.45, 7) is 6.39. The number of ether oxygens (including phenoxy) is 2. The van der Waals surface area contributed by atoms with E-state index in [2.05, 4.69) is 13.5 Å². The molecule has 5 aliphatic rings. The Morgan fingerprint density at radius 2 is 2.09 bits per heavy atom. The van der Waals surface area contributed by atoms with Crippen molar-refractivity contribution in [3.05, 3.63) is 12.2 Å². The monoisotopic (exact) mass is 302 g/mol. The van der Waals surface area contributed by atoms with Crippen LogP contribution in [0.4, 0.5) is 0 Å². The Kier molecular flexibility index (Phi) is 2.48. The molecule has 5 fully saturated rings. The molecule has 0 spiro atoms. The van der Waals surface area contributed by atoms with Crippen LogP contribution in [-0.4, -0.2) is 24.1 Å². The van der Waals surface area contributed by atoms with Gasteiger partial charge in [0.1, 0.15) is 12.2 Å². The highest BCUT2D eigenvalue weighted by Gasteiger charge is 2.68. The molecular weight excluding hydrogens is 280 g/mol. The molecule has 2 bridgehead atoms. The van der Waals surface area contributed by atoms with E-state index in [4.69, 9.17) is 9.47 Å². The van der Waals surface area contributed by atoms with Crippen LogP contribution in [0.15, 0.2) is 12.2 Å². The second kappa shape index (κ2) is 4.15. The fourth-order valence-electron chi connectivity index (χ4n) is 6.06. The number of esters is 2. The highest BCUT2D eigenvalue weighted by molar-refractivity contribution is 5.79. The predicted octanol–water partition coefficient (Wildman–Crippen LogP) is 2.33. The number of carbonyl (C=O) groups excluding carboxylic acids is 2. The summed E-state index contributed by atoms with van der Waals surface area (Å²) in [4.78, 5) is 24.5. The second-order valence-electron chi connectivity index (χ2n) is 8.19. The van der Waals surface area contributed by atoms with Gasteiger partial charge in [0.05, 0.1) is 11.8 Å². The average Bonchev–Trinajstić information content (AvgIpc) is 3.16. The molecule has 4 saturated carbocycles. The Balaban J connectivity index is 1.30. The zero-order valence-corrected chi connectivity index (χ0v) is 12.9. The van der Waals surface area contributed by atoms with Crippen molar-refractivity contribution in [3.8, 4) is 0 Å². The van der Waals surface area contributed by atoms with E-state index in [0.29, 0.717) is 18.3 Å². The molecule has 5 rings (SSSR count). The van der Waals surface area contributed by atoms with Crippen LogP contribution >= 0.6 is 0 Å². The summed E-state index contributed by atoms with van der Waals surface area (Å²) in [6, 6.07) is 0. The van der Waals surface area contributed by atoms with Gasteiger partial charge in [0.25, 0.3) is 0 Å². The molecule has 0 amide bonds.